The summed E-state index contributed by atoms with van der Waals surface area (Å²) in [7, 11) is 0. The number of halogens is 3. The van der Waals surface area contributed by atoms with Gasteiger partial charge in [-0.25, -0.2) is 0 Å². The van der Waals surface area contributed by atoms with Crippen molar-refractivity contribution >= 4 is 35.6 Å². The molecule has 0 aliphatic carbocycles. The summed E-state index contributed by atoms with van der Waals surface area (Å²) in [4.78, 5) is 4.29. The van der Waals surface area contributed by atoms with Gasteiger partial charge < -0.3 is 20.3 Å². The molecule has 26 heavy (non-hydrogen) atoms. The third-order valence-electron chi connectivity index (χ3n) is 4.20. The standard InChI is InChI=1S/C18H20Cl2N2O3.ClH/c19-14-3-1-11(9-15(14)20)17(21)18(23)16-4-2-13(10-22-16)25-12-5-7-24-8-6-12;/h1-4,9-10,12,17-18,23H,5-8,21H2;1H/t17-,18+;/m0./s1. The van der Waals surface area contributed by atoms with Crippen LogP contribution in [0.2, 0.25) is 10.0 Å². The second-order valence-corrected chi connectivity index (χ2v) is 6.81. The van der Waals surface area contributed by atoms with Crippen molar-refractivity contribution < 1.29 is 14.6 Å². The van der Waals surface area contributed by atoms with Crippen molar-refractivity contribution in [1.29, 1.82) is 0 Å². The monoisotopic (exact) mass is 418 g/mol. The van der Waals surface area contributed by atoms with Crippen LogP contribution >= 0.6 is 35.6 Å². The maximum Gasteiger partial charge on any atom is 0.138 e. The minimum Gasteiger partial charge on any atom is -0.489 e. The molecule has 2 aromatic rings. The highest BCUT2D eigenvalue weighted by molar-refractivity contribution is 6.42. The lowest BCUT2D eigenvalue weighted by atomic mass is 10.00. The number of aliphatic hydroxyl groups excluding tert-OH is 1. The Labute approximate surface area is 168 Å². The van der Waals surface area contributed by atoms with E-state index in [1.807, 2.05) is 0 Å². The van der Waals surface area contributed by atoms with Crippen molar-refractivity contribution in [3.05, 3.63) is 57.8 Å². The molecule has 2 heterocycles. The first-order valence-corrected chi connectivity index (χ1v) is 8.89. The van der Waals surface area contributed by atoms with Gasteiger partial charge in [0.1, 0.15) is 18.0 Å². The van der Waals surface area contributed by atoms with Crippen LogP contribution in [0.1, 0.15) is 36.2 Å². The van der Waals surface area contributed by atoms with Gasteiger partial charge >= 0.3 is 0 Å². The van der Waals surface area contributed by atoms with E-state index in [2.05, 4.69) is 4.98 Å². The van der Waals surface area contributed by atoms with Crippen LogP contribution in [0.4, 0.5) is 0 Å². The summed E-state index contributed by atoms with van der Waals surface area (Å²) in [6.45, 7) is 1.43. The van der Waals surface area contributed by atoms with E-state index in [-0.39, 0.29) is 18.5 Å². The molecule has 0 spiro atoms. The highest BCUT2D eigenvalue weighted by Crippen LogP contribution is 2.31. The molecule has 1 aliphatic rings. The van der Waals surface area contributed by atoms with Crippen LogP contribution in [-0.4, -0.2) is 29.4 Å². The molecule has 1 aromatic heterocycles. The maximum absolute atomic E-state index is 10.5. The van der Waals surface area contributed by atoms with E-state index in [0.717, 1.165) is 12.8 Å². The van der Waals surface area contributed by atoms with Crippen LogP contribution in [0.15, 0.2) is 36.5 Å². The fraction of sp³-hybridized carbons (Fsp3) is 0.389. The average Bonchev–Trinajstić information content (AvgIpc) is 2.64. The molecule has 5 nitrogen and oxygen atoms in total. The van der Waals surface area contributed by atoms with Crippen LogP contribution in [0.3, 0.4) is 0 Å². The largest absolute Gasteiger partial charge is 0.489 e. The Bertz CT molecular complexity index is 709. The number of rotatable bonds is 5. The number of nitrogens with zero attached hydrogens (tertiary/aromatic N) is 1. The molecule has 1 fully saturated rings. The summed E-state index contributed by atoms with van der Waals surface area (Å²) < 4.78 is 11.2. The molecule has 142 valence electrons. The first-order chi connectivity index (χ1) is 12.0. The van der Waals surface area contributed by atoms with E-state index < -0.39 is 12.1 Å². The fourth-order valence-electron chi connectivity index (χ4n) is 2.71. The third kappa shape index (κ3) is 5.22. The number of hydrogen-bond acceptors (Lipinski definition) is 5. The summed E-state index contributed by atoms with van der Waals surface area (Å²) in [5.41, 5.74) is 7.30. The van der Waals surface area contributed by atoms with Crippen molar-refractivity contribution in [2.45, 2.75) is 31.1 Å². The second kappa shape index (κ2) is 9.74. The zero-order chi connectivity index (χ0) is 17.8. The Morgan fingerprint density at radius 2 is 1.88 bits per heavy atom. The Kier molecular flexibility index (Phi) is 7.95. The van der Waals surface area contributed by atoms with Gasteiger partial charge in [-0.05, 0) is 29.8 Å². The van der Waals surface area contributed by atoms with Crippen molar-refractivity contribution in [3.8, 4) is 5.75 Å². The highest BCUT2D eigenvalue weighted by Gasteiger charge is 2.21. The Morgan fingerprint density at radius 1 is 1.15 bits per heavy atom. The summed E-state index contributed by atoms with van der Waals surface area (Å²) in [5.74, 6) is 0.672. The van der Waals surface area contributed by atoms with Crippen LogP contribution < -0.4 is 10.5 Å². The Hall–Kier alpha value is -1.08. The van der Waals surface area contributed by atoms with Crippen molar-refractivity contribution in [2.75, 3.05) is 13.2 Å². The third-order valence-corrected chi connectivity index (χ3v) is 4.94. The van der Waals surface area contributed by atoms with Crippen molar-refractivity contribution in [1.82, 2.24) is 4.98 Å². The van der Waals surface area contributed by atoms with Gasteiger partial charge in [-0.1, -0.05) is 29.3 Å². The molecule has 2 atom stereocenters. The summed E-state index contributed by atoms with van der Waals surface area (Å²) in [6.07, 6.45) is 2.52. The van der Waals surface area contributed by atoms with Gasteiger partial charge in [-0.2, -0.15) is 0 Å². The number of benzene rings is 1. The second-order valence-electron chi connectivity index (χ2n) is 5.99. The topological polar surface area (TPSA) is 77.6 Å². The molecule has 1 aromatic carbocycles. The minimum atomic E-state index is -0.964. The molecular weight excluding hydrogens is 399 g/mol. The van der Waals surface area contributed by atoms with E-state index in [1.165, 1.54) is 0 Å². The van der Waals surface area contributed by atoms with Crippen LogP contribution in [0.25, 0.3) is 0 Å². The SMILES string of the molecule is Cl.N[C@@H](c1ccc(Cl)c(Cl)c1)[C@H](O)c1ccc(OC2CCOCC2)cn1. The van der Waals surface area contributed by atoms with E-state index in [0.29, 0.717) is 40.3 Å². The average molecular weight is 420 g/mol. The first-order valence-electron chi connectivity index (χ1n) is 8.13. The van der Waals surface area contributed by atoms with E-state index in [1.54, 1.807) is 36.5 Å². The molecule has 0 amide bonds. The van der Waals surface area contributed by atoms with Gasteiger partial charge in [0.05, 0.1) is 41.2 Å². The van der Waals surface area contributed by atoms with E-state index in [4.69, 9.17) is 38.4 Å². The first kappa shape index (κ1) is 21.2. The molecule has 3 N–H and O–H groups in total. The molecule has 1 aliphatic heterocycles. The lowest BCUT2D eigenvalue weighted by Crippen LogP contribution is -2.26. The number of aliphatic hydroxyl groups is 1. The number of aromatic nitrogens is 1. The lowest BCUT2D eigenvalue weighted by molar-refractivity contribution is 0.0253. The minimum absolute atomic E-state index is 0. The van der Waals surface area contributed by atoms with Gasteiger partial charge in [0.25, 0.3) is 0 Å². The number of pyridine rings is 1. The van der Waals surface area contributed by atoms with E-state index >= 15 is 0 Å². The molecule has 0 bridgehead atoms. The maximum atomic E-state index is 10.5. The molecule has 8 heteroatoms. The molecule has 0 saturated carbocycles. The molecule has 1 saturated heterocycles. The zero-order valence-corrected chi connectivity index (χ0v) is 16.3. The summed E-state index contributed by atoms with van der Waals surface area (Å²) in [6, 6.07) is 7.90. The van der Waals surface area contributed by atoms with Gasteiger partial charge in [-0.15, -0.1) is 12.4 Å². The Balaban J connectivity index is 0.00000243. The summed E-state index contributed by atoms with van der Waals surface area (Å²) in [5, 5.41) is 11.3. The van der Waals surface area contributed by atoms with Crippen LogP contribution in [0, 0.1) is 0 Å². The lowest BCUT2D eigenvalue weighted by Gasteiger charge is -2.23. The van der Waals surface area contributed by atoms with Gasteiger partial charge in [0.15, 0.2) is 0 Å². The van der Waals surface area contributed by atoms with Gasteiger partial charge in [-0.3, -0.25) is 4.98 Å². The zero-order valence-electron chi connectivity index (χ0n) is 14.0. The van der Waals surface area contributed by atoms with E-state index in [9.17, 15) is 5.11 Å². The van der Waals surface area contributed by atoms with Gasteiger partial charge in [0.2, 0.25) is 0 Å². The molecule has 0 radical (unpaired) electrons. The smallest absolute Gasteiger partial charge is 0.138 e. The molecular formula is C18H21Cl3N2O3. The summed E-state index contributed by atoms with van der Waals surface area (Å²) >= 11 is 11.9. The Morgan fingerprint density at radius 3 is 2.50 bits per heavy atom. The van der Waals surface area contributed by atoms with Crippen molar-refractivity contribution in [2.24, 2.45) is 5.73 Å². The predicted octanol–water partition coefficient (Wildman–Crippen LogP) is 4.10. The number of hydrogen-bond donors (Lipinski definition) is 2. The van der Waals surface area contributed by atoms with Crippen LogP contribution in [-0.2, 0) is 4.74 Å². The normalized spacial score (nSPS) is 17.2. The van der Waals surface area contributed by atoms with Crippen LogP contribution in [0.5, 0.6) is 5.75 Å². The molecule has 3 rings (SSSR count). The number of ether oxygens (including phenoxy) is 2. The van der Waals surface area contributed by atoms with Crippen molar-refractivity contribution in [3.63, 3.8) is 0 Å². The highest BCUT2D eigenvalue weighted by atomic mass is 35.5. The molecule has 0 unspecified atom stereocenters. The van der Waals surface area contributed by atoms with Gasteiger partial charge in [0, 0.05) is 12.8 Å². The fourth-order valence-corrected chi connectivity index (χ4v) is 3.02. The quantitative estimate of drug-likeness (QED) is 0.763. The predicted molar refractivity (Wildman–Crippen MR) is 104 cm³/mol. The number of nitrogens with two attached hydrogens (primary N) is 1.